The van der Waals surface area contributed by atoms with Crippen molar-refractivity contribution in [2.24, 2.45) is 0 Å². The number of rotatable bonds is 5. The van der Waals surface area contributed by atoms with Crippen LogP contribution in [0.4, 0.5) is 18.9 Å². The smallest absolute Gasteiger partial charge is 0.325 e. The molecular formula is C21H15F3N2O3. The molecule has 1 N–H and O–H groups in total. The molecule has 2 aromatic carbocycles. The fraction of sp³-hybridized carbons (Fsp3) is 0.0952. The van der Waals surface area contributed by atoms with Crippen molar-refractivity contribution in [3.05, 3.63) is 100.0 Å². The molecule has 1 aromatic heterocycles. The van der Waals surface area contributed by atoms with Crippen molar-refractivity contribution in [3.8, 4) is 0 Å². The second kappa shape index (κ2) is 8.14. The average molecular weight is 400 g/mol. The molecule has 0 fully saturated rings. The van der Waals surface area contributed by atoms with Crippen LogP contribution in [0.1, 0.15) is 21.5 Å². The maximum absolute atomic E-state index is 12.8. The topological polar surface area (TPSA) is 68.2 Å². The van der Waals surface area contributed by atoms with Crippen molar-refractivity contribution in [1.29, 1.82) is 0 Å². The monoisotopic (exact) mass is 400 g/mol. The lowest BCUT2D eigenvalue weighted by Crippen LogP contribution is -2.28. The highest BCUT2D eigenvalue weighted by Crippen LogP contribution is 2.28. The van der Waals surface area contributed by atoms with Crippen LogP contribution in [0, 0.1) is 0 Å². The molecule has 0 spiro atoms. The first kappa shape index (κ1) is 20.1. The maximum Gasteiger partial charge on any atom is 0.417 e. The normalized spacial score (nSPS) is 11.1. The standard InChI is InChI=1S/C21H15F3N2O3/c22-21(23,24)16-9-10-19(28)26(12-16)13-18(27)25-17-8-4-7-15(11-17)20(29)14-5-2-1-3-6-14/h1-12H,13H2,(H,25,27). The number of pyridine rings is 1. The zero-order chi connectivity index (χ0) is 21.0. The van der Waals surface area contributed by atoms with Gasteiger partial charge in [-0.25, -0.2) is 0 Å². The minimum Gasteiger partial charge on any atom is -0.325 e. The molecule has 0 aliphatic heterocycles. The van der Waals surface area contributed by atoms with Gasteiger partial charge in [0.2, 0.25) is 5.91 Å². The summed E-state index contributed by atoms with van der Waals surface area (Å²) in [6.45, 7) is -0.598. The number of amides is 1. The molecule has 0 unspecified atom stereocenters. The van der Waals surface area contributed by atoms with E-state index in [1.54, 1.807) is 42.5 Å². The van der Waals surface area contributed by atoms with Crippen LogP contribution >= 0.6 is 0 Å². The number of aromatic nitrogens is 1. The summed E-state index contributed by atoms with van der Waals surface area (Å²) < 4.78 is 39.1. The van der Waals surface area contributed by atoms with Crippen LogP contribution in [0.5, 0.6) is 0 Å². The van der Waals surface area contributed by atoms with E-state index >= 15 is 0 Å². The molecule has 0 atom stereocenters. The Balaban J connectivity index is 1.75. The summed E-state index contributed by atoms with van der Waals surface area (Å²) in [5.41, 5.74) is -0.657. The van der Waals surface area contributed by atoms with Crippen LogP contribution in [0.3, 0.4) is 0 Å². The van der Waals surface area contributed by atoms with Gasteiger partial charge in [-0.1, -0.05) is 42.5 Å². The average Bonchev–Trinajstić information content (AvgIpc) is 2.69. The largest absolute Gasteiger partial charge is 0.417 e. The predicted molar refractivity (Wildman–Crippen MR) is 101 cm³/mol. The first-order valence-electron chi connectivity index (χ1n) is 8.51. The van der Waals surface area contributed by atoms with Gasteiger partial charge in [0.1, 0.15) is 6.54 Å². The van der Waals surface area contributed by atoms with E-state index in [9.17, 15) is 27.6 Å². The summed E-state index contributed by atoms with van der Waals surface area (Å²) >= 11 is 0. The number of hydrogen-bond donors (Lipinski definition) is 1. The molecule has 148 valence electrons. The Kier molecular flexibility index (Phi) is 5.63. The van der Waals surface area contributed by atoms with E-state index in [4.69, 9.17) is 0 Å². The second-order valence-electron chi connectivity index (χ2n) is 6.21. The predicted octanol–water partition coefficient (Wildman–Crippen LogP) is 3.74. The lowest BCUT2D eigenvalue weighted by molar-refractivity contribution is -0.138. The van der Waals surface area contributed by atoms with Crippen molar-refractivity contribution in [1.82, 2.24) is 4.57 Å². The molecule has 0 aliphatic carbocycles. The van der Waals surface area contributed by atoms with Crippen molar-refractivity contribution < 1.29 is 22.8 Å². The molecule has 3 aromatic rings. The molecule has 3 rings (SSSR count). The summed E-state index contributed by atoms with van der Waals surface area (Å²) in [5, 5.41) is 2.49. The van der Waals surface area contributed by atoms with Gasteiger partial charge < -0.3 is 9.88 Å². The third-order valence-corrected chi connectivity index (χ3v) is 4.07. The number of hydrogen-bond acceptors (Lipinski definition) is 3. The van der Waals surface area contributed by atoms with Crippen molar-refractivity contribution >= 4 is 17.4 Å². The minimum atomic E-state index is -4.63. The van der Waals surface area contributed by atoms with Gasteiger partial charge in [-0.15, -0.1) is 0 Å². The van der Waals surface area contributed by atoms with E-state index in [2.05, 4.69) is 5.32 Å². The first-order chi connectivity index (χ1) is 13.7. The molecule has 1 heterocycles. The van der Waals surface area contributed by atoms with Gasteiger partial charge in [0, 0.05) is 29.1 Å². The Hall–Kier alpha value is -3.68. The highest BCUT2D eigenvalue weighted by molar-refractivity contribution is 6.09. The van der Waals surface area contributed by atoms with Crippen molar-refractivity contribution in [2.75, 3.05) is 5.32 Å². The number of alkyl halides is 3. The fourth-order valence-electron chi connectivity index (χ4n) is 2.67. The molecule has 0 radical (unpaired) electrons. The van der Waals surface area contributed by atoms with Gasteiger partial charge in [-0.2, -0.15) is 13.2 Å². The Morgan fingerprint density at radius 1 is 0.897 bits per heavy atom. The number of anilines is 1. The number of benzene rings is 2. The van der Waals surface area contributed by atoms with Crippen LogP contribution < -0.4 is 10.9 Å². The van der Waals surface area contributed by atoms with Crippen LogP contribution in [-0.4, -0.2) is 16.3 Å². The summed E-state index contributed by atoms with van der Waals surface area (Å²) in [6, 6.07) is 16.1. The number of carbonyl (C=O) groups excluding carboxylic acids is 2. The second-order valence-corrected chi connectivity index (χ2v) is 6.21. The number of carbonyl (C=O) groups is 2. The zero-order valence-corrected chi connectivity index (χ0v) is 14.9. The molecule has 0 aliphatic rings. The van der Waals surface area contributed by atoms with Gasteiger partial charge in [0.25, 0.3) is 5.56 Å². The fourth-order valence-corrected chi connectivity index (χ4v) is 2.67. The van der Waals surface area contributed by atoms with Crippen LogP contribution in [0.2, 0.25) is 0 Å². The van der Waals surface area contributed by atoms with Crippen molar-refractivity contribution in [2.45, 2.75) is 12.7 Å². The molecule has 0 saturated heterocycles. The van der Waals surface area contributed by atoms with Gasteiger partial charge in [-0.05, 0) is 18.2 Å². The molecule has 8 heteroatoms. The van der Waals surface area contributed by atoms with E-state index in [1.165, 1.54) is 12.1 Å². The molecule has 0 saturated carbocycles. The number of nitrogens with one attached hydrogen (secondary N) is 1. The minimum absolute atomic E-state index is 0.240. The number of ketones is 1. The molecular weight excluding hydrogens is 385 g/mol. The van der Waals surface area contributed by atoms with Gasteiger partial charge in [-0.3, -0.25) is 14.4 Å². The van der Waals surface area contributed by atoms with E-state index in [0.717, 1.165) is 6.07 Å². The number of nitrogens with zero attached hydrogens (tertiary/aromatic N) is 1. The highest BCUT2D eigenvalue weighted by atomic mass is 19.4. The summed E-state index contributed by atoms with van der Waals surface area (Å²) in [6.07, 6.45) is -4.03. The summed E-state index contributed by atoms with van der Waals surface area (Å²) in [4.78, 5) is 36.5. The Bertz CT molecular complexity index is 1110. The van der Waals surface area contributed by atoms with Crippen LogP contribution in [0.15, 0.2) is 77.7 Å². The van der Waals surface area contributed by atoms with Crippen LogP contribution in [-0.2, 0) is 17.5 Å². The molecule has 5 nitrogen and oxygen atoms in total. The summed E-state index contributed by atoms with van der Waals surface area (Å²) in [5.74, 6) is -0.938. The molecule has 29 heavy (non-hydrogen) atoms. The molecule has 0 bridgehead atoms. The third kappa shape index (κ3) is 4.98. The Morgan fingerprint density at radius 3 is 2.28 bits per heavy atom. The Labute approximate surface area is 163 Å². The van der Waals surface area contributed by atoms with Crippen molar-refractivity contribution in [3.63, 3.8) is 0 Å². The first-order valence-corrected chi connectivity index (χ1v) is 8.51. The summed E-state index contributed by atoms with van der Waals surface area (Å²) in [7, 11) is 0. The van der Waals surface area contributed by atoms with Crippen LogP contribution in [0.25, 0.3) is 0 Å². The van der Waals surface area contributed by atoms with Gasteiger partial charge in [0.05, 0.1) is 5.56 Å². The highest BCUT2D eigenvalue weighted by Gasteiger charge is 2.31. The quantitative estimate of drug-likeness (QED) is 0.664. The maximum atomic E-state index is 12.8. The Morgan fingerprint density at radius 2 is 1.59 bits per heavy atom. The zero-order valence-electron chi connectivity index (χ0n) is 14.9. The lowest BCUT2D eigenvalue weighted by atomic mass is 10.0. The third-order valence-electron chi connectivity index (χ3n) is 4.07. The van der Waals surface area contributed by atoms with Gasteiger partial charge >= 0.3 is 6.18 Å². The van der Waals surface area contributed by atoms with E-state index in [1.807, 2.05) is 0 Å². The van der Waals surface area contributed by atoms with Gasteiger partial charge in [0.15, 0.2) is 5.78 Å². The van der Waals surface area contributed by atoms with E-state index in [0.29, 0.717) is 28.0 Å². The molecule has 1 amide bonds. The number of halogens is 3. The lowest BCUT2D eigenvalue weighted by Gasteiger charge is -2.11. The van der Waals surface area contributed by atoms with E-state index in [-0.39, 0.29) is 11.5 Å². The van der Waals surface area contributed by atoms with E-state index < -0.39 is 29.8 Å². The SMILES string of the molecule is O=C(Cn1cc(C(F)(F)F)ccc1=O)Nc1cccc(C(=O)c2ccccc2)c1.